The zero-order chi connectivity index (χ0) is 24.1. The lowest BCUT2D eigenvalue weighted by Gasteiger charge is -2.42. The number of rotatable bonds is 8. The Morgan fingerprint density at radius 1 is 1.26 bits per heavy atom. The first-order chi connectivity index (χ1) is 16.4. The molecule has 3 amide bonds. The second-order valence-electron chi connectivity index (χ2n) is 9.24. The Labute approximate surface area is 200 Å². The van der Waals surface area contributed by atoms with Gasteiger partial charge in [-0.15, -0.1) is 5.92 Å². The Hall–Kier alpha value is -3.18. The van der Waals surface area contributed by atoms with Crippen LogP contribution in [0.2, 0.25) is 0 Å². The van der Waals surface area contributed by atoms with Crippen molar-refractivity contribution in [3.05, 3.63) is 54.1 Å². The molecular weight excluding hydrogens is 433 g/mol. The molecule has 7 nitrogen and oxygen atoms in total. The first kappa shape index (κ1) is 24.0. The third kappa shape index (κ3) is 5.00. The average molecular weight is 466 g/mol. The summed E-state index contributed by atoms with van der Waals surface area (Å²) in [5, 5.41) is 7.29. The van der Waals surface area contributed by atoms with Gasteiger partial charge in [0.2, 0.25) is 0 Å². The van der Waals surface area contributed by atoms with Crippen molar-refractivity contribution in [2.45, 2.75) is 57.7 Å². The highest BCUT2D eigenvalue weighted by molar-refractivity contribution is 6.07. The predicted molar refractivity (Wildman–Crippen MR) is 127 cm³/mol. The van der Waals surface area contributed by atoms with E-state index in [2.05, 4.69) is 34.1 Å². The van der Waals surface area contributed by atoms with Gasteiger partial charge >= 0.3 is 6.03 Å². The first-order valence-electron chi connectivity index (χ1n) is 11.9. The van der Waals surface area contributed by atoms with Crippen LogP contribution < -0.4 is 5.32 Å². The Morgan fingerprint density at radius 3 is 2.74 bits per heavy atom. The molecule has 4 rings (SSSR count). The van der Waals surface area contributed by atoms with Crippen LogP contribution in [-0.4, -0.2) is 62.7 Å². The predicted octanol–water partition coefficient (Wildman–Crippen LogP) is 3.07. The fourth-order valence-electron chi connectivity index (χ4n) is 5.22. The van der Waals surface area contributed by atoms with E-state index in [0.29, 0.717) is 11.6 Å². The molecule has 1 aromatic heterocycles. The number of imide groups is 1. The summed E-state index contributed by atoms with van der Waals surface area (Å²) in [6.07, 6.45) is 6.57. The minimum absolute atomic E-state index is 0.0404. The molecular formula is C26H32FN5O2. The molecule has 2 aliphatic heterocycles. The fourth-order valence-corrected chi connectivity index (χ4v) is 5.22. The van der Waals surface area contributed by atoms with Crippen molar-refractivity contribution >= 4 is 11.9 Å². The molecule has 34 heavy (non-hydrogen) atoms. The van der Waals surface area contributed by atoms with Gasteiger partial charge in [-0.2, -0.15) is 5.10 Å². The van der Waals surface area contributed by atoms with E-state index in [-0.39, 0.29) is 30.6 Å². The van der Waals surface area contributed by atoms with Gasteiger partial charge in [-0.05, 0) is 75.9 Å². The molecule has 2 unspecified atom stereocenters. The average Bonchev–Trinajstić information content (AvgIpc) is 3.43. The van der Waals surface area contributed by atoms with Crippen molar-refractivity contribution in [1.82, 2.24) is 24.9 Å². The molecule has 1 aromatic carbocycles. The second-order valence-corrected chi connectivity index (χ2v) is 9.24. The molecule has 0 radical (unpaired) electrons. The van der Waals surface area contributed by atoms with Crippen LogP contribution in [0.25, 0.3) is 0 Å². The van der Waals surface area contributed by atoms with Crippen molar-refractivity contribution in [3.63, 3.8) is 0 Å². The number of hydrogen-bond donors (Lipinski definition) is 1. The SMILES string of the molecule is CC#CCN1C(=O)NC(Cc2cccc(F)c2)(C2CCN(C(C)CCn3cccn3)CC2)C1=O. The van der Waals surface area contributed by atoms with Crippen LogP contribution in [0.3, 0.4) is 0 Å². The van der Waals surface area contributed by atoms with Gasteiger partial charge in [-0.1, -0.05) is 18.1 Å². The van der Waals surface area contributed by atoms with Crippen LogP contribution in [0.4, 0.5) is 9.18 Å². The third-order valence-corrected chi connectivity index (χ3v) is 7.17. The number of amides is 3. The Morgan fingerprint density at radius 2 is 2.06 bits per heavy atom. The normalized spacial score (nSPS) is 22.4. The van der Waals surface area contributed by atoms with E-state index in [9.17, 15) is 14.0 Å². The standard InChI is InChI=1S/C26H32FN5O2/c1-3-4-14-32-24(33)26(29-25(32)34,19-21-7-5-8-23(27)18-21)22-10-15-30(16-11-22)20(2)9-17-31-13-6-12-28-31/h5-8,12-13,18,20,22H,9-11,14-17,19H2,1-2H3,(H,29,34). The number of halogens is 1. The molecule has 2 atom stereocenters. The van der Waals surface area contributed by atoms with Crippen LogP contribution in [0.15, 0.2) is 42.7 Å². The van der Waals surface area contributed by atoms with Gasteiger partial charge in [0.15, 0.2) is 0 Å². The molecule has 180 valence electrons. The van der Waals surface area contributed by atoms with Crippen LogP contribution in [0.1, 0.15) is 38.7 Å². The van der Waals surface area contributed by atoms with Crippen LogP contribution in [-0.2, 0) is 17.8 Å². The van der Waals surface area contributed by atoms with Gasteiger partial charge in [0.25, 0.3) is 5.91 Å². The topological polar surface area (TPSA) is 70.5 Å². The van der Waals surface area contributed by atoms with E-state index >= 15 is 0 Å². The summed E-state index contributed by atoms with van der Waals surface area (Å²) in [5.74, 6) is 4.94. The molecule has 0 spiro atoms. The van der Waals surface area contributed by atoms with Crippen molar-refractivity contribution < 1.29 is 14.0 Å². The highest BCUT2D eigenvalue weighted by atomic mass is 19.1. The summed E-state index contributed by atoms with van der Waals surface area (Å²) in [7, 11) is 0. The maximum atomic E-state index is 13.9. The lowest BCUT2D eigenvalue weighted by molar-refractivity contribution is -0.133. The van der Waals surface area contributed by atoms with E-state index < -0.39 is 11.6 Å². The Kier molecular flexibility index (Phi) is 7.32. The zero-order valence-corrected chi connectivity index (χ0v) is 19.8. The van der Waals surface area contributed by atoms with E-state index in [4.69, 9.17) is 0 Å². The second kappa shape index (κ2) is 10.4. The van der Waals surface area contributed by atoms with Gasteiger partial charge in [-0.25, -0.2) is 9.18 Å². The Bertz CT molecular complexity index is 1070. The summed E-state index contributed by atoms with van der Waals surface area (Å²) < 4.78 is 15.9. The summed E-state index contributed by atoms with van der Waals surface area (Å²) in [6, 6.07) is 8.18. The molecule has 8 heteroatoms. The first-order valence-corrected chi connectivity index (χ1v) is 11.9. The Balaban J connectivity index is 1.49. The monoisotopic (exact) mass is 465 g/mol. The number of carbonyl (C=O) groups excluding carboxylic acids is 2. The van der Waals surface area contributed by atoms with E-state index in [1.165, 1.54) is 17.0 Å². The van der Waals surface area contributed by atoms with Crippen molar-refractivity contribution in [3.8, 4) is 11.8 Å². The fraction of sp³-hybridized carbons (Fsp3) is 0.500. The van der Waals surface area contributed by atoms with Crippen LogP contribution in [0.5, 0.6) is 0 Å². The number of nitrogens with zero attached hydrogens (tertiary/aromatic N) is 4. The smallest absolute Gasteiger partial charge is 0.322 e. The maximum Gasteiger partial charge on any atom is 0.325 e. The number of carbonyl (C=O) groups is 2. The molecule has 1 N–H and O–H groups in total. The van der Waals surface area contributed by atoms with E-state index in [1.807, 2.05) is 23.0 Å². The molecule has 0 aliphatic carbocycles. The van der Waals surface area contributed by atoms with Gasteiger partial charge in [0, 0.05) is 31.4 Å². The zero-order valence-electron chi connectivity index (χ0n) is 19.8. The number of nitrogens with one attached hydrogen (secondary N) is 1. The summed E-state index contributed by atoms with van der Waals surface area (Å²) in [5.41, 5.74) is -0.378. The van der Waals surface area contributed by atoms with Gasteiger partial charge in [-0.3, -0.25) is 14.4 Å². The highest BCUT2D eigenvalue weighted by Crippen LogP contribution is 2.37. The number of piperidine rings is 1. The van der Waals surface area contributed by atoms with Gasteiger partial charge in [0.1, 0.15) is 11.4 Å². The van der Waals surface area contributed by atoms with Crippen LogP contribution >= 0.6 is 0 Å². The molecule has 2 saturated heterocycles. The number of aromatic nitrogens is 2. The number of urea groups is 1. The number of likely N-dealkylation sites (tertiary alicyclic amines) is 1. The summed E-state index contributed by atoms with van der Waals surface area (Å²) in [4.78, 5) is 30.1. The quantitative estimate of drug-likeness (QED) is 0.481. The number of aryl methyl sites for hydroxylation is 1. The maximum absolute atomic E-state index is 13.9. The number of hydrogen-bond acceptors (Lipinski definition) is 4. The van der Waals surface area contributed by atoms with Crippen LogP contribution in [0, 0.1) is 23.6 Å². The molecule has 3 heterocycles. The van der Waals surface area contributed by atoms with E-state index in [1.54, 1.807) is 19.2 Å². The van der Waals surface area contributed by atoms with Crippen molar-refractivity contribution in [2.75, 3.05) is 19.6 Å². The van der Waals surface area contributed by atoms with Gasteiger partial charge < -0.3 is 10.2 Å². The molecule has 2 fully saturated rings. The number of benzene rings is 1. The minimum Gasteiger partial charge on any atom is -0.322 e. The van der Waals surface area contributed by atoms with E-state index in [0.717, 1.165) is 38.9 Å². The lowest BCUT2D eigenvalue weighted by Crippen LogP contribution is -2.58. The minimum atomic E-state index is -1.08. The third-order valence-electron chi connectivity index (χ3n) is 7.17. The lowest BCUT2D eigenvalue weighted by atomic mass is 9.73. The summed E-state index contributed by atoms with van der Waals surface area (Å²) in [6.45, 7) is 6.51. The molecule has 0 bridgehead atoms. The molecule has 2 aromatic rings. The van der Waals surface area contributed by atoms with Crippen molar-refractivity contribution in [2.24, 2.45) is 5.92 Å². The van der Waals surface area contributed by atoms with Gasteiger partial charge in [0.05, 0.1) is 6.54 Å². The largest absolute Gasteiger partial charge is 0.325 e. The molecule has 2 aliphatic rings. The molecule has 0 saturated carbocycles. The summed E-state index contributed by atoms with van der Waals surface area (Å²) >= 11 is 0. The van der Waals surface area contributed by atoms with Crippen molar-refractivity contribution in [1.29, 1.82) is 0 Å². The highest BCUT2D eigenvalue weighted by Gasteiger charge is 2.55.